The molecule has 2 aromatic carbocycles. The van der Waals surface area contributed by atoms with Crippen LogP contribution in [0.4, 0.5) is 10.1 Å². The zero-order chi connectivity index (χ0) is 23.4. The van der Waals surface area contributed by atoms with Crippen molar-refractivity contribution in [3.63, 3.8) is 0 Å². The monoisotopic (exact) mass is 448 g/mol. The van der Waals surface area contributed by atoms with Crippen LogP contribution in [0.5, 0.6) is 5.75 Å². The van der Waals surface area contributed by atoms with E-state index in [9.17, 15) is 14.0 Å². The number of para-hydroxylation sites is 1. The molecule has 1 aliphatic heterocycles. The van der Waals surface area contributed by atoms with Gasteiger partial charge >= 0.3 is 0 Å². The summed E-state index contributed by atoms with van der Waals surface area (Å²) in [5, 5.41) is 2.55. The Labute approximate surface area is 191 Å². The predicted octanol–water partition coefficient (Wildman–Crippen LogP) is 3.74. The number of ether oxygens (including phenoxy) is 1. The van der Waals surface area contributed by atoms with Crippen molar-refractivity contribution in [3.8, 4) is 5.75 Å². The summed E-state index contributed by atoms with van der Waals surface area (Å²) in [5.41, 5.74) is 1.83. The lowest BCUT2D eigenvalue weighted by molar-refractivity contribution is -0.129. The Bertz CT molecular complexity index is 1170. The van der Waals surface area contributed by atoms with E-state index in [1.165, 1.54) is 18.3 Å². The fraction of sp³-hybridized carbons (Fsp3) is 0.280. The summed E-state index contributed by atoms with van der Waals surface area (Å²) in [6, 6.07) is 13.4. The van der Waals surface area contributed by atoms with E-state index in [1.807, 2.05) is 29.2 Å². The summed E-state index contributed by atoms with van der Waals surface area (Å²) in [5.74, 6) is 0.450. The Balaban J connectivity index is 1.38. The fourth-order valence-electron chi connectivity index (χ4n) is 3.88. The minimum atomic E-state index is -0.508. The summed E-state index contributed by atoms with van der Waals surface area (Å²) in [4.78, 5) is 36.0. The van der Waals surface area contributed by atoms with Crippen molar-refractivity contribution in [1.82, 2.24) is 14.9 Å². The van der Waals surface area contributed by atoms with Crippen molar-refractivity contribution < 1.29 is 18.7 Å². The lowest BCUT2D eigenvalue weighted by atomic mass is 10.1. The smallest absolute Gasteiger partial charge is 0.259 e. The molecule has 1 aromatic heterocycles. The Morgan fingerprint density at radius 1 is 1.18 bits per heavy atom. The van der Waals surface area contributed by atoms with Gasteiger partial charge in [-0.2, -0.15) is 0 Å². The largest absolute Gasteiger partial charge is 0.497 e. The van der Waals surface area contributed by atoms with Gasteiger partial charge in [0, 0.05) is 25.2 Å². The van der Waals surface area contributed by atoms with Gasteiger partial charge in [0.25, 0.3) is 5.91 Å². The SMILES string of the molecule is COc1ccc(CC(=O)N2CC[C@H](c3ncc(C(=O)Nc4ccccc4F)c(C)n3)C2)cc1. The molecule has 1 fully saturated rings. The van der Waals surface area contributed by atoms with Crippen LogP contribution in [0.3, 0.4) is 0 Å². The van der Waals surface area contributed by atoms with Crippen LogP contribution in [0.15, 0.2) is 54.7 Å². The number of likely N-dealkylation sites (tertiary alicyclic amines) is 1. The molecule has 0 aliphatic carbocycles. The van der Waals surface area contributed by atoms with Gasteiger partial charge in [-0.05, 0) is 43.2 Å². The van der Waals surface area contributed by atoms with E-state index >= 15 is 0 Å². The quantitative estimate of drug-likeness (QED) is 0.621. The summed E-state index contributed by atoms with van der Waals surface area (Å²) < 4.78 is 19.0. The molecule has 8 heteroatoms. The van der Waals surface area contributed by atoms with Gasteiger partial charge in [0.1, 0.15) is 17.4 Å². The van der Waals surface area contributed by atoms with Crippen molar-refractivity contribution in [2.24, 2.45) is 0 Å². The molecule has 1 saturated heterocycles. The van der Waals surface area contributed by atoms with E-state index in [1.54, 1.807) is 26.2 Å². The van der Waals surface area contributed by atoms with Crippen LogP contribution in [0.2, 0.25) is 0 Å². The number of nitrogens with one attached hydrogen (secondary N) is 1. The Morgan fingerprint density at radius 2 is 1.94 bits per heavy atom. The second kappa shape index (κ2) is 9.77. The number of methoxy groups -OCH3 is 1. The van der Waals surface area contributed by atoms with Gasteiger partial charge in [-0.1, -0.05) is 24.3 Å². The molecule has 1 atom stereocenters. The highest BCUT2D eigenvalue weighted by Gasteiger charge is 2.29. The van der Waals surface area contributed by atoms with Crippen LogP contribution in [0, 0.1) is 12.7 Å². The van der Waals surface area contributed by atoms with Crippen LogP contribution in [-0.4, -0.2) is 46.9 Å². The number of carbonyl (C=O) groups is 2. The van der Waals surface area contributed by atoms with Gasteiger partial charge in [-0.3, -0.25) is 9.59 Å². The van der Waals surface area contributed by atoms with E-state index in [4.69, 9.17) is 4.74 Å². The summed E-state index contributed by atoms with van der Waals surface area (Å²) >= 11 is 0. The third kappa shape index (κ3) is 5.16. The van der Waals surface area contributed by atoms with E-state index in [0.29, 0.717) is 31.0 Å². The molecule has 0 radical (unpaired) electrons. The minimum absolute atomic E-state index is 0.00666. The molecular weight excluding hydrogens is 423 g/mol. The van der Waals surface area contributed by atoms with E-state index in [0.717, 1.165) is 17.7 Å². The van der Waals surface area contributed by atoms with Crippen molar-refractivity contribution in [2.45, 2.75) is 25.7 Å². The van der Waals surface area contributed by atoms with Crippen LogP contribution < -0.4 is 10.1 Å². The number of rotatable bonds is 6. The Hall–Kier alpha value is -3.81. The number of benzene rings is 2. The molecule has 0 unspecified atom stereocenters. The molecule has 2 amide bonds. The van der Waals surface area contributed by atoms with E-state index < -0.39 is 11.7 Å². The molecule has 1 aliphatic rings. The maximum atomic E-state index is 13.8. The van der Waals surface area contributed by atoms with Crippen molar-refractivity contribution in [3.05, 3.63) is 83.2 Å². The second-order valence-corrected chi connectivity index (χ2v) is 8.01. The van der Waals surface area contributed by atoms with Crippen molar-refractivity contribution in [2.75, 3.05) is 25.5 Å². The average Bonchev–Trinajstić information content (AvgIpc) is 3.31. The predicted molar refractivity (Wildman–Crippen MR) is 122 cm³/mol. The molecule has 0 saturated carbocycles. The number of amides is 2. The number of carbonyl (C=O) groups excluding carboxylic acids is 2. The van der Waals surface area contributed by atoms with E-state index in [2.05, 4.69) is 15.3 Å². The third-order valence-corrected chi connectivity index (χ3v) is 5.79. The fourth-order valence-corrected chi connectivity index (χ4v) is 3.88. The molecule has 7 nitrogen and oxygen atoms in total. The normalized spacial score (nSPS) is 15.4. The highest BCUT2D eigenvalue weighted by atomic mass is 19.1. The lowest BCUT2D eigenvalue weighted by Crippen LogP contribution is -2.30. The molecule has 2 heterocycles. The molecule has 1 N–H and O–H groups in total. The average molecular weight is 448 g/mol. The summed E-state index contributed by atoms with van der Waals surface area (Å²) in [7, 11) is 1.61. The standard InChI is InChI=1S/C25H25FN4O3/c1-16-20(25(32)29-22-6-4-3-5-21(22)26)14-27-24(28-16)18-11-12-30(15-18)23(31)13-17-7-9-19(33-2)10-8-17/h3-10,14,18H,11-13,15H2,1-2H3,(H,29,32)/t18-/m0/s1. The number of nitrogens with zero attached hydrogens (tertiary/aromatic N) is 3. The summed E-state index contributed by atoms with van der Waals surface area (Å²) in [6.07, 6.45) is 2.55. The number of hydrogen-bond acceptors (Lipinski definition) is 5. The highest BCUT2D eigenvalue weighted by Crippen LogP contribution is 2.26. The zero-order valence-electron chi connectivity index (χ0n) is 18.5. The Kier molecular flexibility index (Phi) is 6.63. The molecule has 0 spiro atoms. The molecule has 4 rings (SSSR count). The Morgan fingerprint density at radius 3 is 2.64 bits per heavy atom. The van der Waals surface area contributed by atoms with Crippen LogP contribution >= 0.6 is 0 Å². The molecular formula is C25H25FN4O3. The first-order valence-electron chi connectivity index (χ1n) is 10.7. The van der Waals surface area contributed by atoms with Gasteiger partial charge < -0.3 is 15.0 Å². The van der Waals surface area contributed by atoms with Crippen LogP contribution in [0.25, 0.3) is 0 Å². The molecule has 33 heavy (non-hydrogen) atoms. The second-order valence-electron chi connectivity index (χ2n) is 8.01. The number of anilines is 1. The van der Waals surface area contributed by atoms with Crippen molar-refractivity contribution >= 4 is 17.5 Å². The first-order valence-corrected chi connectivity index (χ1v) is 10.7. The van der Waals surface area contributed by atoms with Gasteiger partial charge in [0.15, 0.2) is 0 Å². The first-order chi connectivity index (χ1) is 15.9. The molecule has 170 valence electrons. The number of hydrogen-bond donors (Lipinski definition) is 1. The lowest BCUT2D eigenvalue weighted by Gasteiger charge is -2.17. The number of aryl methyl sites for hydroxylation is 1. The third-order valence-electron chi connectivity index (χ3n) is 5.79. The van der Waals surface area contributed by atoms with Gasteiger partial charge in [0.05, 0.1) is 30.5 Å². The highest BCUT2D eigenvalue weighted by molar-refractivity contribution is 6.04. The van der Waals surface area contributed by atoms with Crippen LogP contribution in [-0.2, 0) is 11.2 Å². The maximum Gasteiger partial charge on any atom is 0.259 e. The van der Waals surface area contributed by atoms with Gasteiger partial charge in [-0.15, -0.1) is 0 Å². The van der Waals surface area contributed by atoms with Crippen LogP contribution in [0.1, 0.15) is 39.8 Å². The maximum absolute atomic E-state index is 13.8. The topological polar surface area (TPSA) is 84.4 Å². The zero-order valence-corrected chi connectivity index (χ0v) is 18.5. The van der Waals surface area contributed by atoms with Crippen molar-refractivity contribution in [1.29, 1.82) is 0 Å². The molecule has 0 bridgehead atoms. The van der Waals surface area contributed by atoms with Gasteiger partial charge in [-0.25, -0.2) is 14.4 Å². The van der Waals surface area contributed by atoms with Gasteiger partial charge in [0.2, 0.25) is 5.91 Å². The first kappa shape index (κ1) is 22.4. The van der Waals surface area contributed by atoms with E-state index in [-0.39, 0.29) is 23.1 Å². The minimum Gasteiger partial charge on any atom is -0.497 e. The number of aromatic nitrogens is 2. The number of halogens is 1. The summed E-state index contributed by atoms with van der Waals surface area (Å²) in [6.45, 7) is 2.90. The molecule has 3 aromatic rings.